The Kier molecular flexibility index (Phi) is 5.09. The van der Waals surface area contributed by atoms with Crippen LogP contribution in [0.2, 0.25) is 0 Å². The van der Waals surface area contributed by atoms with E-state index >= 15 is 0 Å². The van der Waals surface area contributed by atoms with Gasteiger partial charge in [-0.1, -0.05) is 18.2 Å². The van der Waals surface area contributed by atoms with E-state index in [9.17, 15) is 14.0 Å². The molecule has 2 heterocycles. The van der Waals surface area contributed by atoms with Crippen LogP contribution in [0.1, 0.15) is 43.2 Å². The van der Waals surface area contributed by atoms with Crippen LogP contribution >= 0.6 is 0 Å². The first kappa shape index (κ1) is 19.2. The van der Waals surface area contributed by atoms with Crippen molar-refractivity contribution < 1.29 is 14.0 Å². The van der Waals surface area contributed by atoms with Crippen molar-refractivity contribution in [2.24, 2.45) is 10.9 Å². The van der Waals surface area contributed by atoms with Gasteiger partial charge in [0.25, 0.3) is 5.91 Å². The molecule has 29 heavy (non-hydrogen) atoms. The van der Waals surface area contributed by atoms with Crippen molar-refractivity contribution in [3.8, 4) is 0 Å². The number of fused-ring (bicyclic) bond motifs is 1. The second-order valence-corrected chi connectivity index (χ2v) is 7.55. The molecule has 2 aliphatic rings. The molecule has 0 spiro atoms. The van der Waals surface area contributed by atoms with Crippen LogP contribution in [-0.4, -0.2) is 22.4 Å². The molecular formula is C23H22FN3O2. The topological polar surface area (TPSA) is 71.4 Å². The van der Waals surface area contributed by atoms with Gasteiger partial charge < -0.3 is 5.32 Å². The Bertz CT molecular complexity index is 1040. The fourth-order valence-electron chi connectivity index (χ4n) is 4.24. The molecule has 2 aromatic rings. The third-order valence-corrected chi connectivity index (χ3v) is 5.62. The highest BCUT2D eigenvalue weighted by atomic mass is 19.1. The molecule has 1 saturated carbocycles. The zero-order valence-corrected chi connectivity index (χ0v) is 16.4. The summed E-state index contributed by atoms with van der Waals surface area (Å²) in [5.74, 6) is -1.11. The van der Waals surface area contributed by atoms with Crippen LogP contribution in [0, 0.1) is 18.7 Å². The normalized spacial score (nSPS) is 21.5. The molecule has 0 saturated heterocycles. The van der Waals surface area contributed by atoms with E-state index < -0.39 is 11.8 Å². The Morgan fingerprint density at radius 1 is 1.10 bits per heavy atom. The number of pyridine rings is 1. The number of ketones is 1. The average molecular weight is 391 g/mol. The van der Waals surface area contributed by atoms with Gasteiger partial charge in [0.15, 0.2) is 0 Å². The highest BCUT2D eigenvalue weighted by molar-refractivity contribution is 6.14. The Balaban J connectivity index is 1.80. The Morgan fingerprint density at radius 3 is 2.59 bits per heavy atom. The molecule has 1 aromatic carbocycles. The number of nitrogens with zero attached hydrogens (tertiary/aromatic N) is 2. The van der Waals surface area contributed by atoms with E-state index in [0.717, 1.165) is 29.7 Å². The predicted octanol–water partition coefficient (Wildman–Crippen LogP) is 4.35. The fourth-order valence-corrected chi connectivity index (χ4v) is 4.24. The van der Waals surface area contributed by atoms with Crippen molar-refractivity contribution in [3.63, 3.8) is 0 Å². The van der Waals surface area contributed by atoms with E-state index in [0.29, 0.717) is 23.5 Å². The summed E-state index contributed by atoms with van der Waals surface area (Å²) >= 11 is 0. The summed E-state index contributed by atoms with van der Waals surface area (Å²) in [4.78, 5) is 35.0. The number of halogens is 1. The van der Waals surface area contributed by atoms with Crippen LogP contribution in [0.25, 0.3) is 0 Å². The van der Waals surface area contributed by atoms with Crippen molar-refractivity contribution in [2.45, 2.75) is 39.0 Å². The van der Waals surface area contributed by atoms with Crippen molar-refractivity contribution in [3.05, 3.63) is 70.8 Å². The van der Waals surface area contributed by atoms with Crippen LogP contribution < -0.4 is 5.32 Å². The summed E-state index contributed by atoms with van der Waals surface area (Å²) in [7, 11) is 0. The summed E-state index contributed by atoms with van der Waals surface area (Å²) in [6.07, 6.45) is 3.59. The highest BCUT2D eigenvalue weighted by Gasteiger charge is 2.43. The van der Waals surface area contributed by atoms with Crippen molar-refractivity contribution in [1.82, 2.24) is 4.98 Å². The first-order valence-corrected chi connectivity index (χ1v) is 9.75. The quantitative estimate of drug-likeness (QED) is 0.846. The van der Waals surface area contributed by atoms with Crippen LogP contribution in [-0.2, 0) is 9.59 Å². The van der Waals surface area contributed by atoms with E-state index in [1.54, 1.807) is 31.3 Å². The monoisotopic (exact) mass is 391 g/mol. The largest absolute Gasteiger partial charge is 0.307 e. The number of hydrogen-bond donors (Lipinski definition) is 1. The lowest BCUT2D eigenvalue weighted by Crippen LogP contribution is -2.39. The number of aromatic nitrogens is 1. The molecule has 148 valence electrons. The number of nitrogens with one attached hydrogen (secondary N) is 1. The van der Waals surface area contributed by atoms with Gasteiger partial charge >= 0.3 is 0 Å². The third kappa shape index (κ3) is 3.62. The minimum Gasteiger partial charge on any atom is -0.307 e. The molecule has 5 nitrogen and oxygen atoms in total. The number of benzene rings is 1. The minimum absolute atomic E-state index is 0.0798. The summed E-state index contributed by atoms with van der Waals surface area (Å²) < 4.78 is 13.5. The third-order valence-electron chi connectivity index (χ3n) is 5.62. The van der Waals surface area contributed by atoms with Crippen molar-refractivity contribution in [2.75, 3.05) is 5.32 Å². The lowest BCUT2D eigenvalue weighted by molar-refractivity contribution is -0.122. The smallest absolute Gasteiger partial charge is 0.255 e. The average Bonchev–Trinajstić information content (AvgIpc) is 2.69. The number of hydrogen-bond acceptors (Lipinski definition) is 4. The SMILES string of the molecule is CC1=C(C(=O)Nc2ncccc2C)[C@@H](c2ccc(F)cc2)[C@@H]2C(=O)CCCC2=N1. The summed E-state index contributed by atoms with van der Waals surface area (Å²) in [6, 6.07) is 9.69. The molecule has 0 radical (unpaired) electrons. The second kappa shape index (κ2) is 7.70. The van der Waals surface area contributed by atoms with Gasteiger partial charge in [-0.2, -0.15) is 0 Å². The van der Waals surface area contributed by atoms with E-state index in [1.807, 2.05) is 13.0 Å². The van der Waals surface area contributed by atoms with Gasteiger partial charge in [0.05, 0.1) is 5.92 Å². The van der Waals surface area contributed by atoms with Gasteiger partial charge in [-0.05, 0) is 56.0 Å². The maximum atomic E-state index is 13.5. The lowest BCUT2D eigenvalue weighted by atomic mass is 9.69. The standard InChI is InChI=1S/C23H22FN3O2/c1-13-5-4-12-25-22(13)27-23(29)19-14(2)26-17-6-3-7-18(28)21(17)20(19)15-8-10-16(24)11-9-15/h4-5,8-12,20-21H,3,6-7H2,1-2H3,(H,25,27,29)/t20-,21+/m1/s1. The zero-order valence-electron chi connectivity index (χ0n) is 16.4. The summed E-state index contributed by atoms with van der Waals surface area (Å²) in [5, 5.41) is 2.87. The van der Waals surface area contributed by atoms with E-state index in [4.69, 9.17) is 0 Å². The highest BCUT2D eigenvalue weighted by Crippen LogP contribution is 2.43. The maximum Gasteiger partial charge on any atom is 0.255 e. The molecule has 4 rings (SSSR count). The number of Topliss-reactive ketones (excluding diaryl/α,β-unsaturated/α-hetero) is 1. The van der Waals surface area contributed by atoms with Gasteiger partial charge in [0.2, 0.25) is 0 Å². The van der Waals surface area contributed by atoms with Crippen LogP contribution in [0.15, 0.2) is 58.9 Å². The van der Waals surface area contributed by atoms with Gasteiger partial charge in [-0.15, -0.1) is 0 Å². The number of carbonyl (C=O) groups is 2. The first-order chi connectivity index (χ1) is 14.0. The van der Waals surface area contributed by atoms with Crippen LogP contribution in [0.3, 0.4) is 0 Å². The number of allylic oxidation sites excluding steroid dienone is 1. The first-order valence-electron chi connectivity index (χ1n) is 9.75. The predicted molar refractivity (Wildman–Crippen MR) is 109 cm³/mol. The van der Waals surface area contributed by atoms with E-state index in [-0.39, 0.29) is 17.5 Å². The molecule has 1 aromatic heterocycles. The molecule has 1 fully saturated rings. The Labute approximate surface area is 168 Å². The molecule has 1 aliphatic carbocycles. The molecule has 0 unspecified atom stereocenters. The van der Waals surface area contributed by atoms with Crippen molar-refractivity contribution >= 4 is 23.2 Å². The number of aryl methyl sites for hydroxylation is 1. The van der Waals surface area contributed by atoms with Gasteiger partial charge in [0, 0.05) is 35.5 Å². The van der Waals surface area contributed by atoms with Gasteiger partial charge in [0.1, 0.15) is 17.4 Å². The van der Waals surface area contributed by atoms with Crippen LogP contribution in [0.5, 0.6) is 0 Å². The summed E-state index contributed by atoms with van der Waals surface area (Å²) in [6.45, 7) is 3.65. The van der Waals surface area contributed by atoms with Crippen molar-refractivity contribution in [1.29, 1.82) is 0 Å². The second-order valence-electron chi connectivity index (χ2n) is 7.55. The number of amides is 1. The lowest BCUT2D eigenvalue weighted by Gasteiger charge is -2.36. The summed E-state index contributed by atoms with van der Waals surface area (Å²) in [5.41, 5.74) is 3.42. The maximum absolute atomic E-state index is 13.5. The Hall–Kier alpha value is -3.15. The number of rotatable bonds is 3. The molecule has 1 N–H and O–H groups in total. The van der Waals surface area contributed by atoms with Gasteiger partial charge in [-0.25, -0.2) is 9.37 Å². The molecule has 6 heteroatoms. The fraction of sp³-hybridized carbons (Fsp3) is 0.304. The number of anilines is 1. The number of aliphatic imine (C=N–C) groups is 1. The van der Waals surface area contributed by atoms with Gasteiger partial charge in [-0.3, -0.25) is 14.6 Å². The zero-order chi connectivity index (χ0) is 20.5. The van der Waals surface area contributed by atoms with Crippen LogP contribution in [0.4, 0.5) is 10.2 Å². The molecular weight excluding hydrogens is 369 g/mol. The molecule has 0 bridgehead atoms. The minimum atomic E-state index is -0.486. The molecule has 1 amide bonds. The molecule has 1 aliphatic heterocycles. The van der Waals surface area contributed by atoms with E-state index in [2.05, 4.69) is 15.3 Å². The molecule has 2 atom stereocenters. The van der Waals surface area contributed by atoms with E-state index in [1.165, 1.54) is 12.1 Å². The Morgan fingerprint density at radius 2 is 1.86 bits per heavy atom. The number of carbonyl (C=O) groups excluding carboxylic acids is 2.